The Balaban J connectivity index is 3.72. The molecule has 0 aromatic carbocycles. The molecule has 1 atom stereocenters. The fraction of sp³-hybridized carbons (Fsp3) is 0.875. The van der Waals surface area contributed by atoms with Crippen LogP contribution in [-0.2, 0) is 4.79 Å². The predicted molar refractivity (Wildman–Crippen MR) is 40.9 cm³/mol. The quantitative estimate of drug-likeness (QED) is 0.656. The molecule has 0 unspecified atom stereocenters. The summed E-state index contributed by atoms with van der Waals surface area (Å²) >= 11 is 0. The Kier molecular flexibility index (Phi) is 4.08. The van der Waals surface area contributed by atoms with Crippen molar-refractivity contribution in [2.45, 2.75) is 33.6 Å². The smallest absolute Gasteiger partial charge is 0.306 e. The first kappa shape index (κ1) is 9.47. The highest BCUT2D eigenvalue weighted by Crippen LogP contribution is 2.14. The average Bonchev–Trinajstić information content (AvgIpc) is 1.81. The van der Waals surface area contributed by atoms with Crippen molar-refractivity contribution < 1.29 is 9.90 Å². The molecule has 0 aliphatic rings. The van der Waals surface area contributed by atoms with Gasteiger partial charge in [-0.2, -0.15) is 0 Å². The van der Waals surface area contributed by atoms with Gasteiger partial charge in [0.15, 0.2) is 0 Å². The lowest BCUT2D eigenvalue weighted by atomic mass is 9.95. The Morgan fingerprint density at radius 2 is 2.00 bits per heavy atom. The van der Waals surface area contributed by atoms with Crippen LogP contribution in [0.5, 0.6) is 0 Å². The minimum Gasteiger partial charge on any atom is -0.481 e. The molecule has 10 heavy (non-hydrogen) atoms. The highest BCUT2D eigenvalue weighted by atomic mass is 16.4. The third kappa shape index (κ3) is 3.49. The maximum Gasteiger partial charge on any atom is 0.306 e. The number of aliphatic carboxylic acids is 1. The SMILES string of the molecule is CC[C@@H](CC(C)C)C(=O)O. The molecule has 0 fully saturated rings. The predicted octanol–water partition coefficient (Wildman–Crippen LogP) is 2.14. The second kappa shape index (κ2) is 4.31. The highest BCUT2D eigenvalue weighted by Gasteiger charge is 2.15. The fourth-order valence-electron chi connectivity index (χ4n) is 1.01. The van der Waals surface area contributed by atoms with Crippen LogP contribution >= 0.6 is 0 Å². The largest absolute Gasteiger partial charge is 0.481 e. The molecule has 2 nitrogen and oxygen atoms in total. The van der Waals surface area contributed by atoms with E-state index in [0.717, 1.165) is 12.8 Å². The van der Waals surface area contributed by atoms with Crippen LogP contribution in [0.2, 0.25) is 0 Å². The summed E-state index contributed by atoms with van der Waals surface area (Å²) in [5, 5.41) is 8.62. The first-order chi connectivity index (χ1) is 4.57. The third-order valence-corrected chi connectivity index (χ3v) is 1.60. The van der Waals surface area contributed by atoms with Crippen molar-refractivity contribution in [3.8, 4) is 0 Å². The fourth-order valence-corrected chi connectivity index (χ4v) is 1.01. The average molecular weight is 144 g/mol. The Hall–Kier alpha value is -0.530. The molecule has 0 saturated carbocycles. The number of carboxylic acid groups (broad SMARTS) is 1. The Bertz CT molecular complexity index is 108. The van der Waals surface area contributed by atoms with Gasteiger partial charge in [0.25, 0.3) is 0 Å². The van der Waals surface area contributed by atoms with Gasteiger partial charge in [-0.25, -0.2) is 0 Å². The van der Waals surface area contributed by atoms with E-state index in [2.05, 4.69) is 0 Å². The maximum absolute atomic E-state index is 10.5. The van der Waals surface area contributed by atoms with Crippen LogP contribution < -0.4 is 0 Å². The van der Waals surface area contributed by atoms with Crippen molar-refractivity contribution in [2.24, 2.45) is 11.8 Å². The molecule has 60 valence electrons. The zero-order valence-corrected chi connectivity index (χ0v) is 6.92. The summed E-state index contributed by atoms with van der Waals surface area (Å²) in [6.07, 6.45) is 1.54. The molecule has 0 aromatic rings. The van der Waals surface area contributed by atoms with Crippen molar-refractivity contribution in [1.29, 1.82) is 0 Å². The molecule has 0 rings (SSSR count). The van der Waals surface area contributed by atoms with Crippen molar-refractivity contribution >= 4 is 5.97 Å². The van der Waals surface area contributed by atoms with E-state index in [9.17, 15) is 4.79 Å². The molecule has 1 N–H and O–H groups in total. The van der Waals surface area contributed by atoms with E-state index in [0.29, 0.717) is 5.92 Å². The second-order valence-electron chi connectivity index (χ2n) is 3.07. The van der Waals surface area contributed by atoms with E-state index in [1.165, 1.54) is 0 Å². The first-order valence-electron chi connectivity index (χ1n) is 3.80. The van der Waals surface area contributed by atoms with Gasteiger partial charge in [-0.3, -0.25) is 4.79 Å². The maximum atomic E-state index is 10.5. The van der Waals surface area contributed by atoms with E-state index in [-0.39, 0.29) is 5.92 Å². The van der Waals surface area contributed by atoms with E-state index < -0.39 is 5.97 Å². The van der Waals surface area contributed by atoms with Crippen molar-refractivity contribution in [3.63, 3.8) is 0 Å². The normalized spacial score (nSPS) is 13.6. The summed E-state index contributed by atoms with van der Waals surface area (Å²) in [6, 6.07) is 0. The minimum absolute atomic E-state index is 0.139. The van der Waals surface area contributed by atoms with Gasteiger partial charge in [0.1, 0.15) is 0 Å². The van der Waals surface area contributed by atoms with Gasteiger partial charge >= 0.3 is 5.97 Å². The number of carbonyl (C=O) groups is 1. The van der Waals surface area contributed by atoms with Gasteiger partial charge in [0, 0.05) is 0 Å². The van der Waals surface area contributed by atoms with E-state index in [1.807, 2.05) is 20.8 Å². The number of hydrogen-bond acceptors (Lipinski definition) is 1. The topological polar surface area (TPSA) is 37.3 Å². The summed E-state index contributed by atoms with van der Waals surface area (Å²) < 4.78 is 0. The third-order valence-electron chi connectivity index (χ3n) is 1.60. The lowest BCUT2D eigenvalue weighted by molar-refractivity contribution is -0.142. The van der Waals surface area contributed by atoms with Crippen LogP contribution in [0.1, 0.15) is 33.6 Å². The van der Waals surface area contributed by atoms with Crippen LogP contribution in [0.15, 0.2) is 0 Å². The molecule has 0 spiro atoms. The van der Waals surface area contributed by atoms with Crippen LogP contribution in [0.3, 0.4) is 0 Å². The zero-order chi connectivity index (χ0) is 8.15. The number of rotatable bonds is 4. The van der Waals surface area contributed by atoms with Crippen molar-refractivity contribution in [1.82, 2.24) is 0 Å². The van der Waals surface area contributed by atoms with Gasteiger partial charge < -0.3 is 5.11 Å². The summed E-state index contributed by atoms with van der Waals surface area (Å²) in [7, 11) is 0. The Labute approximate surface area is 62.2 Å². The number of hydrogen-bond donors (Lipinski definition) is 1. The minimum atomic E-state index is -0.656. The lowest BCUT2D eigenvalue weighted by Gasteiger charge is -2.11. The van der Waals surface area contributed by atoms with Crippen molar-refractivity contribution in [2.75, 3.05) is 0 Å². The van der Waals surface area contributed by atoms with E-state index in [4.69, 9.17) is 5.11 Å². The van der Waals surface area contributed by atoms with Gasteiger partial charge in [-0.15, -0.1) is 0 Å². The molecule has 0 aromatic heterocycles. The lowest BCUT2D eigenvalue weighted by Crippen LogP contribution is -2.14. The van der Waals surface area contributed by atoms with Crippen LogP contribution in [-0.4, -0.2) is 11.1 Å². The monoisotopic (exact) mass is 144 g/mol. The Morgan fingerprint density at radius 3 is 2.10 bits per heavy atom. The molecule has 0 bridgehead atoms. The molecule has 2 heteroatoms. The van der Waals surface area contributed by atoms with Gasteiger partial charge in [0.2, 0.25) is 0 Å². The standard InChI is InChI=1S/C8H16O2/c1-4-7(8(9)10)5-6(2)3/h6-7H,4-5H2,1-3H3,(H,9,10)/t7-/m0/s1. The van der Waals surface area contributed by atoms with Gasteiger partial charge in [0.05, 0.1) is 5.92 Å². The molecule has 0 aliphatic carbocycles. The summed E-state index contributed by atoms with van der Waals surface area (Å²) in [4.78, 5) is 10.5. The zero-order valence-electron chi connectivity index (χ0n) is 6.92. The highest BCUT2D eigenvalue weighted by molar-refractivity contribution is 5.69. The van der Waals surface area contributed by atoms with E-state index in [1.54, 1.807) is 0 Å². The molecular weight excluding hydrogens is 128 g/mol. The molecule has 0 heterocycles. The Morgan fingerprint density at radius 1 is 1.50 bits per heavy atom. The van der Waals surface area contributed by atoms with Crippen LogP contribution in [0, 0.1) is 11.8 Å². The molecule has 0 aliphatic heterocycles. The summed E-state index contributed by atoms with van der Waals surface area (Å²) in [5.74, 6) is -0.308. The van der Waals surface area contributed by atoms with Gasteiger partial charge in [-0.05, 0) is 18.8 Å². The van der Waals surface area contributed by atoms with E-state index >= 15 is 0 Å². The molecular formula is C8H16O2. The first-order valence-corrected chi connectivity index (χ1v) is 3.80. The summed E-state index contributed by atoms with van der Waals surface area (Å²) in [5.41, 5.74) is 0. The molecule has 0 amide bonds. The molecule has 0 radical (unpaired) electrons. The second-order valence-corrected chi connectivity index (χ2v) is 3.07. The summed E-state index contributed by atoms with van der Waals surface area (Å²) in [6.45, 7) is 6.01. The number of carboxylic acids is 1. The van der Waals surface area contributed by atoms with Crippen LogP contribution in [0.25, 0.3) is 0 Å². The van der Waals surface area contributed by atoms with Crippen molar-refractivity contribution in [3.05, 3.63) is 0 Å². The molecule has 0 saturated heterocycles. The van der Waals surface area contributed by atoms with Gasteiger partial charge in [-0.1, -0.05) is 20.8 Å². The van der Waals surface area contributed by atoms with Crippen LogP contribution in [0.4, 0.5) is 0 Å².